The van der Waals surface area contributed by atoms with E-state index in [9.17, 15) is 9.00 Å². The molecule has 2 unspecified atom stereocenters. The molecule has 2 N–H and O–H groups in total. The third-order valence-corrected chi connectivity index (χ3v) is 2.52. The third kappa shape index (κ3) is 2.45. The van der Waals surface area contributed by atoms with Crippen LogP contribution in [0.2, 0.25) is 0 Å². The fourth-order valence-corrected chi connectivity index (χ4v) is 1.47. The van der Waals surface area contributed by atoms with Crippen LogP contribution in [0.25, 0.3) is 0 Å². The highest BCUT2D eigenvalue weighted by molar-refractivity contribution is 7.85. The molecule has 0 aliphatic rings. The first-order valence-corrected chi connectivity index (χ1v) is 4.51. The molecule has 0 spiro atoms. The first kappa shape index (κ1) is 9.58. The zero-order chi connectivity index (χ0) is 8.15. The predicted molar refractivity (Wildman–Crippen MR) is 38.1 cm³/mol. The molecular weight excluding hydrogens is 154 g/mol. The van der Waals surface area contributed by atoms with Gasteiger partial charge in [0.1, 0.15) is 5.25 Å². The second kappa shape index (κ2) is 4.40. The molecule has 0 aliphatic heterocycles. The van der Waals surface area contributed by atoms with Gasteiger partial charge < -0.3 is 0 Å². The standard InChI is InChI=1S/C5H11NO3S/c1-3-4(10(2)9)5(7)6-8/h4,8H,3H2,1-2H3,(H,6,7). The van der Waals surface area contributed by atoms with Crippen molar-refractivity contribution < 1.29 is 14.2 Å². The summed E-state index contributed by atoms with van der Waals surface area (Å²) in [6.07, 6.45) is 1.90. The van der Waals surface area contributed by atoms with Gasteiger partial charge in [-0.2, -0.15) is 0 Å². The summed E-state index contributed by atoms with van der Waals surface area (Å²) in [5.74, 6) is -0.580. The van der Waals surface area contributed by atoms with Gasteiger partial charge in [-0.15, -0.1) is 0 Å². The molecule has 0 aromatic carbocycles. The molecule has 4 nitrogen and oxygen atoms in total. The van der Waals surface area contributed by atoms with Crippen LogP contribution < -0.4 is 5.48 Å². The maximum absolute atomic E-state index is 10.7. The molecular formula is C5H11NO3S. The molecule has 0 saturated carbocycles. The maximum atomic E-state index is 10.7. The Labute approximate surface area is 62.0 Å². The number of rotatable bonds is 3. The average Bonchev–Trinajstić information content (AvgIpc) is 1.88. The topological polar surface area (TPSA) is 66.4 Å². The van der Waals surface area contributed by atoms with Crippen molar-refractivity contribution >= 4 is 16.7 Å². The summed E-state index contributed by atoms with van der Waals surface area (Å²) in [6, 6.07) is 0. The highest BCUT2D eigenvalue weighted by Crippen LogP contribution is 1.98. The lowest BCUT2D eigenvalue weighted by atomic mass is 10.3. The number of carbonyl (C=O) groups excluding carboxylic acids is 1. The minimum Gasteiger partial charge on any atom is -0.289 e. The van der Waals surface area contributed by atoms with E-state index in [0.29, 0.717) is 6.42 Å². The van der Waals surface area contributed by atoms with Crippen molar-refractivity contribution in [2.24, 2.45) is 0 Å². The molecule has 0 aromatic heterocycles. The van der Waals surface area contributed by atoms with Crippen LogP contribution in [-0.2, 0) is 15.6 Å². The Balaban J connectivity index is 4.06. The van der Waals surface area contributed by atoms with Crippen LogP contribution in [0.5, 0.6) is 0 Å². The molecule has 0 heterocycles. The van der Waals surface area contributed by atoms with E-state index in [0.717, 1.165) is 0 Å². The maximum Gasteiger partial charge on any atom is 0.259 e. The molecule has 10 heavy (non-hydrogen) atoms. The first-order chi connectivity index (χ1) is 4.63. The molecule has 0 saturated heterocycles. The van der Waals surface area contributed by atoms with Gasteiger partial charge in [0.15, 0.2) is 0 Å². The molecule has 0 radical (unpaired) electrons. The van der Waals surface area contributed by atoms with Gasteiger partial charge in [0.25, 0.3) is 5.91 Å². The second-order valence-electron chi connectivity index (χ2n) is 1.87. The van der Waals surface area contributed by atoms with E-state index in [2.05, 4.69) is 0 Å². The Morgan fingerprint density at radius 1 is 1.80 bits per heavy atom. The molecule has 0 fully saturated rings. The first-order valence-electron chi connectivity index (χ1n) is 2.89. The lowest BCUT2D eigenvalue weighted by Gasteiger charge is -2.07. The van der Waals surface area contributed by atoms with Gasteiger partial charge in [0.05, 0.1) is 0 Å². The lowest BCUT2D eigenvalue weighted by molar-refractivity contribution is -0.128. The molecule has 2 atom stereocenters. The zero-order valence-electron chi connectivity index (χ0n) is 5.96. The lowest BCUT2D eigenvalue weighted by Crippen LogP contribution is -2.34. The highest BCUT2D eigenvalue weighted by Gasteiger charge is 2.18. The minimum atomic E-state index is -1.21. The molecule has 0 rings (SSSR count). The van der Waals surface area contributed by atoms with Gasteiger partial charge in [0, 0.05) is 17.1 Å². The number of carbonyl (C=O) groups is 1. The number of nitrogens with one attached hydrogen (secondary N) is 1. The van der Waals surface area contributed by atoms with Crippen LogP contribution >= 0.6 is 0 Å². The molecule has 5 heteroatoms. The Bertz CT molecular complexity index is 148. The van der Waals surface area contributed by atoms with Crippen LogP contribution in [0.4, 0.5) is 0 Å². The van der Waals surface area contributed by atoms with Crippen LogP contribution in [0.15, 0.2) is 0 Å². The Morgan fingerprint density at radius 3 is 2.40 bits per heavy atom. The summed E-state index contributed by atoms with van der Waals surface area (Å²) < 4.78 is 10.7. The van der Waals surface area contributed by atoms with Crippen LogP contribution in [0.1, 0.15) is 13.3 Å². The average molecular weight is 165 g/mol. The SMILES string of the molecule is CCC(C(=O)NO)S(C)=O. The smallest absolute Gasteiger partial charge is 0.259 e. The quantitative estimate of drug-likeness (QED) is 0.443. The van der Waals surface area contributed by atoms with E-state index < -0.39 is 22.0 Å². The van der Waals surface area contributed by atoms with Crippen LogP contribution in [-0.4, -0.2) is 26.8 Å². The summed E-state index contributed by atoms with van der Waals surface area (Å²) >= 11 is 0. The van der Waals surface area contributed by atoms with Crippen LogP contribution in [0, 0.1) is 0 Å². The van der Waals surface area contributed by atoms with E-state index in [4.69, 9.17) is 5.21 Å². The predicted octanol–water partition coefficient (Wildman–Crippen LogP) is -0.351. The van der Waals surface area contributed by atoms with Gasteiger partial charge in [0.2, 0.25) is 0 Å². The van der Waals surface area contributed by atoms with Gasteiger partial charge in [-0.1, -0.05) is 6.92 Å². The molecule has 1 amide bonds. The number of amides is 1. The van der Waals surface area contributed by atoms with E-state index in [-0.39, 0.29) is 0 Å². The zero-order valence-corrected chi connectivity index (χ0v) is 6.77. The second-order valence-corrected chi connectivity index (χ2v) is 3.44. The van der Waals surface area contributed by atoms with Gasteiger partial charge in [-0.05, 0) is 6.42 Å². The molecule has 0 bridgehead atoms. The Hall–Kier alpha value is -0.420. The molecule has 0 aliphatic carbocycles. The van der Waals surface area contributed by atoms with E-state index in [1.807, 2.05) is 0 Å². The Kier molecular flexibility index (Phi) is 4.22. The van der Waals surface area contributed by atoms with Crippen molar-refractivity contribution in [2.75, 3.05) is 6.26 Å². The minimum absolute atomic E-state index is 0.468. The van der Waals surface area contributed by atoms with Crippen LogP contribution in [0.3, 0.4) is 0 Å². The summed E-state index contributed by atoms with van der Waals surface area (Å²) in [4.78, 5) is 10.6. The van der Waals surface area contributed by atoms with Crippen molar-refractivity contribution in [1.29, 1.82) is 0 Å². The molecule has 60 valence electrons. The summed E-state index contributed by atoms with van der Waals surface area (Å²) in [6.45, 7) is 1.74. The van der Waals surface area contributed by atoms with Crippen molar-refractivity contribution in [1.82, 2.24) is 5.48 Å². The van der Waals surface area contributed by atoms with Crippen molar-refractivity contribution in [3.05, 3.63) is 0 Å². The number of hydrogen-bond donors (Lipinski definition) is 2. The van der Waals surface area contributed by atoms with E-state index in [1.165, 1.54) is 11.7 Å². The fraction of sp³-hybridized carbons (Fsp3) is 0.800. The number of hydrogen-bond acceptors (Lipinski definition) is 3. The highest BCUT2D eigenvalue weighted by atomic mass is 32.2. The third-order valence-electron chi connectivity index (χ3n) is 1.17. The normalized spacial score (nSPS) is 15.9. The van der Waals surface area contributed by atoms with Crippen molar-refractivity contribution in [3.8, 4) is 0 Å². The molecule has 0 aromatic rings. The number of hydroxylamine groups is 1. The van der Waals surface area contributed by atoms with E-state index in [1.54, 1.807) is 6.92 Å². The largest absolute Gasteiger partial charge is 0.289 e. The Morgan fingerprint density at radius 2 is 2.30 bits per heavy atom. The van der Waals surface area contributed by atoms with Gasteiger partial charge in [-0.25, -0.2) is 5.48 Å². The van der Waals surface area contributed by atoms with E-state index >= 15 is 0 Å². The summed E-state index contributed by atoms with van der Waals surface area (Å²) in [5.41, 5.74) is 1.47. The van der Waals surface area contributed by atoms with Gasteiger partial charge in [-0.3, -0.25) is 14.2 Å². The van der Waals surface area contributed by atoms with Gasteiger partial charge >= 0.3 is 0 Å². The van der Waals surface area contributed by atoms with Crippen molar-refractivity contribution in [2.45, 2.75) is 18.6 Å². The summed E-state index contributed by atoms with van der Waals surface area (Å²) in [7, 11) is -1.21. The van der Waals surface area contributed by atoms with Crippen molar-refractivity contribution in [3.63, 3.8) is 0 Å². The monoisotopic (exact) mass is 165 g/mol. The summed E-state index contributed by atoms with van der Waals surface area (Å²) in [5, 5.41) is 7.56. The fourth-order valence-electron chi connectivity index (χ4n) is 0.643.